The zero-order valence-electron chi connectivity index (χ0n) is 12.8. The smallest absolute Gasteiger partial charge is 0.330 e. The van der Waals surface area contributed by atoms with Crippen LogP contribution in [-0.4, -0.2) is 33.5 Å². The van der Waals surface area contributed by atoms with Crippen LogP contribution in [0.5, 0.6) is 0 Å². The molecule has 7 nitrogen and oxygen atoms in total. The van der Waals surface area contributed by atoms with E-state index in [-0.39, 0.29) is 23.7 Å². The van der Waals surface area contributed by atoms with Gasteiger partial charge in [-0.25, -0.2) is 4.79 Å². The Bertz CT molecular complexity index is 664. The van der Waals surface area contributed by atoms with Crippen molar-refractivity contribution in [2.45, 2.75) is 25.8 Å². The lowest BCUT2D eigenvalue weighted by molar-refractivity contribution is -0.145. The van der Waals surface area contributed by atoms with Crippen molar-refractivity contribution in [3.63, 3.8) is 0 Å². The van der Waals surface area contributed by atoms with Gasteiger partial charge < -0.3 is 15.2 Å². The monoisotopic (exact) mass is 294 g/mol. The van der Waals surface area contributed by atoms with E-state index < -0.39 is 5.41 Å². The third-order valence-electron chi connectivity index (χ3n) is 4.43. The van der Waals surface area contributed by atoms with Gasteiger partial charge in [-0.05, 0) is 12.8 Å². The maximum atomic E-state index is 12.5. The van der Waals surface area contributed by atoms with Crippen molar-refractivity contribution in [2.24, 2.45) is 25.2 Å². The maximum absolute atomic E-state index is 12.5. The Labute approximate surface area is 123 Å². The lowest BCUT2D eigenvalue weighted by Gasteiger charge is -2.41. The summed E-state index contributed by atoms with van der Waals surface area (Å²) in [5.74, 6) is -0.0212. The third kappa shape index (κ3) is 2.53. The van der Waals surface area contributed by atoms with E-state index in [9.17, 15) is 14.4 Å². The zero-order valence-corrected chi connectivity index (χ0v) is 12.8. The molecule has 0 saturated heterocycles. The second-order valence-corrected chi connectivity index (χ2v) is 5.91. The summed E-state index contributed by atoms with van der Waals surface area (Å²) in [6.07, 6.45) is 4.11. The van der Waals surface area contributed by atoms with Crippen LogP contribution in [0.4, 0.5) is 0 Å². The molecule has 116 valence electrons. The number of nitrogens with zero attached hydrogens (tertiary/aromatic N) is 3. The molecule has 1 fully saturated rings. The zero-order chi connectivity index (χ0) is 15.8. The number of rotatable bonds is 4. The number of aromatic nitrogens is 2. The van der Waals surface area contributed by atoms with Crippen molar-refractivity contribution in [1.29, 1.82) is 0 Å². The highest BCUT2D eigenvalue weighted by molar-refractivity contribution is 5.83. The number of hydrogen-bond acceptors (Lipinski definition) is 4. The molecule has 1 heterocycles. The molecule has 2 rings (SSSR count). The number of carbonyl (C=O) groups excluding carboxylic acids is 1. The van der Waals surface area contributed by atoms with Gasteiger partial charge in [0.25, 0.3) is 5.56 Å². The van der Waals surface area contributed by atoms with E-state index in [0.29, 0.717) is 12.1 Å². The number of carbonyl (C=O) groups is 1. The SMILES string of the molecule is CN(Cc1cn(C)c(=O)n(C)c1=O)C(=O)C1(CN)CCC1. The fourth-order valence-electron chi connectivity index (χ4n) is 2.83. The molecule has 1 aliphatic rings. The Kier molecular flexibility index (Phi) is 4.04. The molecule has 1 aliphatic carbocycles. The Morgan fingerprint density at radius 2 is 2.00 bits per heavy atom. The molecule has 1 amide bonds. The Morgan fingerprint density at radius 3 is 2.48 bits per heavy atom. The van der Waals surface area contributed by atoms with Gasteiger partial charge in [0.2, 0.25) is 5.91 Å². The molecular formula is C14H22N4O3. The molecule has 2 N–H and O–H groups in total. The number of amides is 1. The average molecular weight is 294 g/mol. The van der Waals surface area contributed by atoms with Crippen LogP contribution >= 0.6 is 0 Å². The molecule has 1 aromatic rings. The van der Waals surface area contributed by atoms with E-state index in [1.165, 1.54) is 22.7 Å². The second kappa shape index (κ2) is 5.48. The highest BCUT2D eigenvalue weighted by atomic mass is 16.2. The van der Waals surface area contributed by atoms with Crippen LogP contribution in [0.25, 0.3) is 0 Å². The molecule has 1 saturated carbocycles. The normalized spacial score (nSPS) is 16.4. The van der Waals surface area contributed by atoms with Crippen molar-refractivity contribution >= 4 is 5.91 Å². The molecule has 0 radical (unpaired) electrons. The fraction of sp³-hybridized carbons (Fsp3) is 0.643. The van der Waals surface area contributed by atoms with Crippen LogP contribution in [0.2, 0.25) is 0 Å². The first-order valence-corrected chi connectivity index (χ1v) is 7.03. The van der Waals surface area contributed by atoms with E-state index in [1.54, 1.807) is 14.1 Å². The van der Waals surface area contributed by atoms with Crippen LogP contribution in [0.15, 0.2) is 15.8 Å². The van der Waals surface area contributed by atoms with Crippen molar-refractivity contribution in [1.82, 2.24) is 14.0 Å². The van der Waals surface area contributed by atoms with Gasteiger partial charge in [0, 0.05) is 33.9 Å². The lowest BCUT2D eigenvalue weighted by atomic mass is 9.68. The maximum Gasteiger partial charge on any atom is 0.330 e. The van der Waals surface area contributed by atoms with Gasteiger partial charge in [0.15, 0.2) is 0 Å². The Balaban J connectivity index is 2.25. The van der Waals surface area contributed by atoms with E-state index in [0.717, 1.165) is 23.8 Å². The van der Waals surface area contributed by atoms with E-state index in [4.69, 9.17) is 5.73 Å². The van der Waals surface area contributed by atoms with Crippen LogP contribution in [-0.2, 0) is 25.4 Å². The van der Waals surface area contributed by atoms with E-state index in [2.05, 4.69) is 0 Å². The first kappa shape index (κ1) is 15.5. The summed E-state index contributed by atoms with van der Waals surface area (Å²) in [5.41, 5.74) is 4.95. The van der Waals surface area contributed by atoms with Crippen molar-refractivity contribution in [2.75, 3.05) is 13.6 Å². The minimum atomic E-state index is -0.458. The molecule has 7 heteroatoms. The van der Waals surface area contributed by atoms with Crippen LogP contribution < -0.4 is 17.0 Å². The highest BCUT2D eigenvalue weighted by Crippen LogP contribution is 2.41. The molecule has 21 heavy (non-hydrogen) atoms. The predicted molar refractivity (Wildman–Crippen MR) is 78.7 cm³/mol. The summed E-state index contributed by atoms with van der Waals surface area (Å²) in [4.78, 5) is 37.8. The summed E-state index contributed by atoms with van der Waals surface area (Å²) in [7, 11) is 4.69. The average Bonchev–Trinajstić information content (AvgIpc) is 2.41. The molecule has 0 atom stereocenters. The largest absolute Gasteiger partial charge is 0.341 e. The Hall–Kier alpha value is -1.89. The molecule has 1 aromatic heterocycles. The molecule has 0 bridgehead atoms. The summed E-state index contributed by atoms with van der Waals surface area (Å²) >= 11 is 0. The summed E-state index contributed by atoms with van der Waals surface area (Å²) in [5, 5.41) is 0. The van der Waals surface area contributed by atoms with Crippen LogP contribution in [0, 0.1) is 5.41 Å². The van der Waals surface area contributed by atoms with Gasteiger partial charge in [-0.2, -0.15) is 0 Å². The highest BCUT2D eigenvalue weighted by Gasteiger charge is 2.44. The standard InChI is InChI=1S/C14H22N4O3/c1-16(12(20)14(9-15)5-4-6-14)7-10-8-17(2)13(21)18(3)11(10)19/h8H,4-7,9,15H2,1-3H3. The lowest BCUT2D eigenvalue weighted by Crippen LogP contribution is -2.51. The van der Waals surface area contributed by atoms with Gasteiger partial charge in [-0.3, -0.25) is 14.2 Å². The minimum absolute atomic E-state index is 0.0212. The van der Waals surface area contributed by atoms with Crippen molar-refractivity contribution < 1.29 is 4.79 Å². The molecule has 0 unspecified atom stereocenters. The molecular weight excluding hydrogens is 272 g/mol. The quantitative estimate of drug-likeness (QED) is 0.785. The van der Waals surface area contributed by atoms with Crippen LogP contribution in [0.3, 0.4) is 0 Å². The van der Waals surface area contributed by atoms with Crippen molar-refractivity contribution in [3.8, 4) is 0 Å². The third-order valence-corrected chi connectivity index (χ3v) is 4.43. The summed E-state index contributed by atoms with van der Waals surface area (Å²) < 4.78 is 2.40. The minimum Gasteiger partial charge on any atom is -0.341 e. The van der Waals surface area contributed by atoms with Crippen molar-refractivity contribution in [3.05, 3.63) is 32.6 Å². The molecule has 0 aromatic carbocycles. The number of nitrogens with two attached hydrogens (primary N) is 1. The van der Waals surface area contributed by atoms with E-state index in [1.807, 2.05) is 0 Å². The first-order valence-electron chi connectivity index (χ1n) is 7.03. The number of aryl methyl sites for hydroxylation is 1. The molecule has 0 aliphatic heterocycles. The van der Waals surface area contributed by atoms with Gasteiger partial charge in [0.1, 0.15) is 0 Å². The summed E-state index contributed by atoms with van der Waals surface area (Å²) in [6.45, 7) is 0.517. The molecule has 0 spiro atoms. The second-order valence-electron chi connectivity index (χ2n) is 5.91. The van der Waals surface area contributed by atoms with Gasteiger partial charge >= 0.3 is 5.69 Å². The van der Waals surface area contributed by atoms with E-state index >= 15 is 0 Å². The van der Waals surface area contributed by atoms with Gasteiger partial charge in [0.05, 0.1) is 17.5 Å². The van der Waals surface area contributed by atoms with Gasteiger partial charge in [-0.15, -0.1) is 0 Å². The predicted octanol–water partition coefficient (Wildman–Crippen LogP) is -0.829. The Morgan fingerprint density at radius 1 is 1.38 bits per heavy atom. The number of hydrogen-bond donors (Lipinski definition) is 1. The van der Waals surface area contributed by atoms with Crippen LogP contribution in [0.1, 0.15) is 24.8 Å². The topological polar surface area (TPSA) is 90.3 Å². The fourth-order valence-corrected chi connectivity index (χ4v) is 2.83. The summed E-state index contributed by atoms with van der Waals surface area (Å²) in [6, 6.07) is 0. The first-order chi connectivity index (χ1) is 9.82. The van der Waals surface area contributed by atoms with Gasteiger partial charge in [-0.1, -0.05) is 6.42 Å².